The second-order valence-corrected chi connectivity index (χ2v) is 6.76. The third kappa shape index (κ3) is 5.94. The highest BCUT2D eigenvalue weighted by atomic mass is 16.6. The molecule has 2 aromatic carbocycles. The Morgan fingerprint density at radius 3 is 2.56 bits per heavy atom. The molecule has 0 aromatic heterocycles. The summed E-state index contributed by atoms with van der Waals surface area (Å²) in [5.74, 6) is -0.958. The number of nitrogens with zero attached hydrogens (tertiary/aromatic N) is 1. The first-order valence-electron chi connectivity index (χ1n) is 9.37. The zero-order valence-corrected chi connectivity index (χ0v) is 15.4. The van der Waals surface area contributed by atoms with Crippen molar-refractivity contribution >= 4 is 17.7 Å². The molecule has 2 aromatic rings. The van der Waals surface area contributed by atoms with Crippen LogP contribution >= 0.6 is 0 Å². The topological polar surface area (TPSA) is 61.8 Å². The number of carbonyl (C=O) groups is 1. The molecular formula is C22H26N2O3. The van der Waals surface area contributed by atoms with E-state index in [0.29, 0.717) is 19.7 Å². The maximum Gasteiger partial charge on any atom is 0.307 e. The van der Waals surface area contributed by atoms with E-state index in [1.165, 1.54) is 0 Å². The van der Waals surface area contributed by atoms with E-state index in [2.05, 4.69) is 16.5 Å². The van der Waals surface area contributed by atoms with Gasteiger partial charge in [0.15, 0.2) is 0 Å². The standard InChI is InChI=1S/C22H26N2O3/c25-22(26)20-12-7-13-24(17-20)14-15-27-23-21(19-10-5-2-6-11-19)16-18-8-3-1-4-9-18/h1-6,8-11,16,20,23H,7,12-15,17H2,(H,25,26). The first-order valence-corrected chi connectivity index (χ1v) is 9.37. The molecule has 2 N–H and O–H groups in total. The van der Waals surface area contributed by atoms with E-state index >= 15 is 0 Å². The van der Waals surface area contributed by atoms with Crippen LogP contribution in [0.1, 0.15) is 24.0 Å². The number of carboxylic acids is 1. The fraction of sp³-hybridized carbons (Fsp3) is 0.318. The number of likely N-dealkylation sites (tertiary alicyclic amines) is 1. The van der Waals surface area contributed by atoms with Gasteiger partial charge in [0.05, 0.1) is 18.2 Å². The van der Waals surface area contributed by atoms with Gasteiger partial charge in [-0.3, -0.25) is 15.1 Å². The maximum atomic E-state index is 11.2. The Morgan fingerprint density at radius 2 is 1.85 bits per heavy atom. The second-order valence-electron chi connectivity index (χ2n) is 6.76. The average Bonchev–Trinajstić information content (AvgIpc) is 2.72. The van der Waals surface area contributed by atoms with Crippen molar-refractivity contribution in [3.8, 4) is 0 Å². The quantitative estimate of drug-likeness (QED) is 0.425. The molecule has 5 heteroatoms. The summed E-state index contributed by atoms with van der Waals surface area (Å²) in [6.45, 7) is 2.73. The lowest BCUT2D eigenvalue weighted by Gasteiger charge is -2.30. The highest BCUT2D eigenvalue weighted by Gasteiger charge is 2.24. The molecule has 0 aliphatic carbocycles. The van der Waals surface area contributed by atoms with Crippen LogP contribution in [0.25, 0.3) is 11.8 Å². The third-order valence-electron chi connectivity index (χ3n) is 4.74. The van der Waals surface area contributed by atoms with E-state index in [1.54, 1.807) is 0 Å². The van der Waals surface area contributed by atoms with Crippen molar-refractivity contribution in [2.45, 2.75) is 12.8 Å². The summed E-state index contributed by atoms with van der Waals surface area (Å²) in [5, 5.41) is 9.19. The molecule has 0 amide bonds. The summed E-state index contributed by atoms with van der Waals surface area (Å²) < 4.78 is 0. The van der Waals surface area contributed by atoms with Gasteiger partial charge in [0, 0.05) is 13.1 Å². The predicted octanol–water partition coefficient (Wildman–Crippen LogP) is 3.50. The molecular weight excluding hydrogens is 340 g/mol. The van der Waals surface area contributed by atoms with Crippen molar-refractivity contribution < 1.29 is 14.7 Å². The van der Waals surface area contributed by atoms with Crippen LogP contribution in [0.2, 0.25) is 0 Å². The molecule has 0 radical (unpaired) electrons. The lowest BCUT2D eigenvalue weighted by molar-refractivity contribution is -0.143. The minimum Gasteiger partial charge on any atom is -0.481 e. The number of hydrogen-bond donors (Lipinski definition) is 2. The number of hydrogen-bond acceptors (Lipinski definition) is 4. The summed E-state index contributed by atoms with van der Waals surface area (Å²) in [6.07, 6.45) is 3.74. The number of nitrogens with one attached hydrogen (secondary N) is 1. The Balaban J connectivity index is 1.56. The molecule has 5 nitrogen and oxygen atoms in total. The van der Waals surface area contributed by atoms with E-state index in [9.17, 15) is 9.90 Å². The molecule has 1 atom stereocenters. The molecule has 1 heterocycles. The lowest BCUT2D eigenvalue weighted by Crippen LogP contribution is -2.40. The molecule has 27 heavy (non-hydrogen) atoms. The first-order chi connectivity index (χ1) is 13.2. The van der Waals surface area contributed by atoms with Crippen LogP contribution in [-0.4, -0.2) is 42.2 Å². The minimum absolute atomic E-state index is 0.260. The zero-order valence-electron chi connectivity index (χ0n) is 15.4. The van der Waals surface area contributed by atoms with Gasteiger partial charge in [0.2, 0.25) is 0 Å². The van der Waals surface area contributed by atoms with Gasteiger partial charge in [0.1, 0.15) is 0 Å². The third-order valence-corrected chi connectivity index (χ3v) is 4.74. The number of carboxylic acid groups (broad SMARTS) is 1. The Bertz CT molecular complexity index is 747. The van der Waals surface area contributed by atoms with Crippen molar-refractivity contribution in [2.75, 3.05) is 26.2 Å². The zero-order chi connectivity index (χ0) is 18.9. The summed E-state index contributed by atoms with van der Waals surface area (Å²) in [4.78, 5) is 19.0. The smallest absolute Gasteiger partial charge is 0.307 e. The number of aliphatic carboxylic acids is 1. The van der Waals surface area contributed by atoms with E-state index in [0.717, 1.165) is 36.2 Å². The molecule has 0 bridgehead atoms. The SMILES string of the molecule is O=C(O)C1CCCN(CCONC(=Cc2ccccc2)c2ccccc2)C1. The van der Waals surface area contributed by atoms with Gasteiger partial charge in [-0.15, -0.1) is 0 Å². The Labute approximate surface area is 160 Å². The molecule has 0 spiro atoms. The van der Waals surface area contributed by atoms with Crippen molar-refractivity contribution in [1.82, 2.24) is 10.4 Å². The minimum atomic E-state index is -0.698. The fourth-order valence-electron chi connectivity index (χ4n) is 3.27. The lowest BCUT2D eigenvalue weighted by atomic mass is 9.98. The number of piperidine rings is 1. The summed E-state index contributed by atoms with van der Waals surface area (Å²) in [5.41, 5.74) is 6.11. The van der Waals surface area contributed by atoms with Crippen molar-refractivity contribution in [1.29, 1.82) is 0 Å². The Hall–Kier alpha value is -2.63. The molecule has 1 unspecified atom stereocenters. The van der Waals surface area contributed by atoms with E-state index < -0.39 is 5.97 Å². The monoisotopic (exact) mass is 366 g/mol. The van der Waals surface area contributed by atoms with Crippen molar-refractivity contribution in [3.05, 3.63) is 71.8 Å². The number of benzene rings is 2. The maximum absolute atomic E-state index is 11.2. The highest BCUT2D eigenvalue weighted by molar-refractivity contribution is 5.79. The van der Waals surface area contributed by atoms with Gasteiger partial charge in [-0.1, -0.05) is 60.7 Å². The average molecular weight is 366 g/mol. The largest absolute Gasteiger partial charge is 0.481 e. The predicted molar refractivity (Wildman–Crippen MR) is 107 cm³/mol. The molecule has 1 aliphatic heterocycles. The second kappa shape index (κ2) is 9.90. The van der Waals surface area contributed by atoms with Crippen molar-refractivity contribution in [3.63, 3.8) is 0 Å². The fourth-order valence-corrected chi connectivity index (χ4v) is 3.27. The van der Waals surface area contributed by atoms with Crippen LogP contribution in [0.15, 0.2) is 60.7 Å². The summed E-state index contributed by atoms with van der Waals surface area (Å²) in [7, 11) is 0. The molecule has 3 rings (SSSR count). The molecule has 0 saturated carbocycles. The van der Waals surface area contributed by atoms with Crippen LogP contribution < -0.4 is 5.48 Å². The van der Waals surface area contributed by atoms with E-state index in [-0.39, 0.29) is 5.92 Å². The van der Waals surface area contributed by atoms with Gasteiger partial charge in [-0.25, -0.2) is 0 Å². The van der Waals surface area contributed by atoms with Crippen LogP contribution in [0.3, 0.4) is 0 Å². The van der Waals surface area contributed by atoms with Crippen LogP contribution in [-0.2, 0) is 9.63 Å². The normalized spacial score (nSPS) is 18.2. The van der Waals surface area contributed by atoms with Gasteiger partial charge >= 0.3 is 5.97 Å². The molecule has 142 valence electrons. The molecule has 1 saturated heterocycles. The molecule has 1 fully saturated rings. The summed E-state index contributed by atoms with van der Waals surface area (Å²) >= 11 is 0. The number of rotatable bonds is 8. The number of hydroxylamine groups is 1. The van der Waals surface area contributed by atoms with Crippen LogP contribution in [0.4, 0.5) is 0 Å². The van der Waals surface area contributed by atoms with Crippen LogP contribution in [0, 0.1) is 5.92 Å². The summed E-state index contributed by atoms with van der Waals surface area (Å²) in [6, 6.07) is 20.1. The van der Waals surface area contributed by atoms with Gasteiger partial charge < -0.3 is 10.0 Å². The first kappa shape index (κ1) is 19.1. The molecule has 1 aliphatic rings. The Kier molecular flexibility index (Phi) is 7.02. The van der Waals surface area contributed by atoms with Gasteiger partial charge in [-0.2, -0.15) is 0 Å². The van der Waals surface area contributed by atoms with Gasteiger partial charge in [0.25, 0.3) is 0 Å². The Morgan fingerprint density at radius 1 is 1.15 bits per heavy atom. The van der Waals surface area contributed by atoms with E-state index in [4.69, 9.17) is 4.84 Å². The van der Waals surface area contributed by atoms with E-state index in [1.807, 2.05) is 60.7 Å². The highest BCUT2D eigenvalue weighted by Crippen LogP contribution is 2.17. The van der Waals surface area contributed by atoms with Crippen molar-refractivity contribution in [2.24, 2.45) is 5.92 Å². The van der Waals surface area contributed by atoms with Crippen LogP contribution in [0.5, 0.6) is 0 Å². The van der Waals surface area contributed by atoms with Gasteiger partial charge in [-0.05, 0) is 36.6 Å².